The summed E-state index contributed by atoms with van der Waals surface area (Å²) < 4.78 is 46.0. The van der Waals surface area contributed by atoms with E-state index in [-0.39, 0.29) is 43.0 Å². The molecule has 0 unspecified atom stereocenters. The van der Waals surface area contributed by atoms with Crippen LogP contribution in [0.3, 0.4) is 0 Å². The summed E-state index contributed by atoms with van der Waals surface area (Å²) in [5.41, 5.74) is 0.511. The van der Waals surface area contributed by atoms with E-state index in [0.717, 1.165) is 17.7 Å². The number of halogens is 3. The van der Waals surface area contributed by atoms with Gasteiger partial charge in [-0.15, -0.1) is 10.2 Å². The smallest absolute Gasteiger partial charge is 0.416 e. The van der Waals surface area contributed by atoms with Crippen molar-refractivity contribution >= 4 is 17.5 Å². The molecule has 2 amide bonds. The predicted molar refractivity (Wildman–Crippen MR) is 142 cm³/mol. The van der Waals surface area contributed by atoms with E-state index in [1.807, 2.05) is 34.6 Å². The highest BCUT2D eigenvalue weighted by Gasteiger charge is 2.41. The largest absolute Gasteiger partial charge is 0.417 e. The van der Waals surface area contributed by atoms with Crippen molar-refractivity contribution < 1.29 is 27.2 Å². The number of nitrogens with zero attached hydrogens (tertiary/aromatic N) is 7. The standard InChI is InChI=1S/C28H30F3N7O3/c1-16-33-34-23(41-16)25(40)36-11-12-37(27(5,6)15-36)24(39)21-14-38-22(32-21)19(26(2,3)4)13-20(35-38)17-7-9-18(10-8-17)28(29,30)31/h7-10,13-14H,11-12,15H2,1-6H3. The molecule has 5 rings (SSSR count). The number of alkyl halides is 3. The molecule has 0 aliphatic carbocycles. The summed E-state index contributed by atoms with van der Waals surface area (Å²) in [6.45, 7) is 12.1. The Morgan fingerprint density at radius 1 is 1.00 bits per heavy atom. The number of rotatable bonds is 3. The number of imidazole rings is 1. The molecule has 13 heteroatoms. The summed E-state index contributed by atoms with van der Waals surface area (Å²) in [7, 11) is 0. The van der Waals surface area contributed by atoms with E-state index in [1.54, 1.807) is 22.8 Å². The van der Waals surface area contributed by atoms with E-state index in [0.29, 0.717) is 16.9 Å². The van der Waals surface area contributed by atoms with E-state index in [2.05, 4.69) is 20.3 Å². The van der Waals surface area contributed by atoms with Crippen LogP contribution in [-0.4, -0.2) is 71.6 Å². The van der Waals surface area contributed by atoms with Crippen molar-refractivity contribution in [3.05, 3.63) is 65.1 Å². The maximum absolute atomic E-state index is 13.8. The molecule has 0 bridgehead atoms. The number of fused-ring (bicyclic) bond motifs is 1. The number of benzene rings is 1. The summed E-state index contributed by atoms with van der Waals surface area (Å²) in [6, 6.07) is 6.60. The van der Waals surface area contributed by atoms with E-state index in [9.17, 15) is 22.8 Å². The Labute approximate surface area is 234 Å². The first kappa shape index (κ1) is 28.2. The minimum Gasteiger partial charge on any atom is -0.417 e. The molecule has 0 radical (unpaired) electrons. The number of amides is 2. The number of piperazine rings is 1. The fraction of sp³-hybridized carbons (Fsp3) is 0.429. The van der Waals surface area contributed by atoms with Crippen LogP contribution in [0.25, 0.3) is 16.9 Å². The lowest BCUT2D eigenvalue weighted by atomic mass is 9.87. The molecule has 1 aliphatic rings. The molecule has 0 spiro atoms. The summed E-state index contributed by atoms with van der Waals surface area (Å²) in [6.07, 6.45) is -2.90. The fourth-order valence-electron chi connectivity index (χ4n) is 4.96. The van der Waals surface area contributed by atoms with Crippen LogP contribution in [0.2, 0.25) is 0 Å². The van der Waals surface area contributed by atoms with Gasteiger partial charge in [0.05, 0.1) is 23.0 Å². The van der Waals surface area contributed by atoms with Gasteiger partial charge in [0.15, 0.2) is 5.65 Å². The van der Waals surface area contributed by atoms with Crippen LogP contribution in [-0.2, 0) is 11.6 Å². The Hall–Kier alpha value is -4.29. The molecule has 1 aliphatic heterocycles. The van der Waals surface area contributed by atoms with Crippen LogP contribution < -0.4 is 0 Å². The average Bonchev–Trinajstić information content (AvgIpc) is 3.52. The Morgan fingerprint density at radius 2 is 1.68 bits per heavy atom. The first-order chi connectivity index (χ1) is 19.0. The quantitative estimate of drug-likeness (QED) is 0.349. The Kier molecular flexibility index (Phi) is 6.66. The van der Waals surface area contributed by atoms with Crippen molar-refractivity contribution in [3.63, 3.8) is 0 Å². The molecule has 1 aromatic carbocycles. The summed E-state index contributed by atoms with van der Waals surface area (Å²) in [5.74, 6) is -0.522. The second-order valence-corrected chi connectivity index (χ2v) is 11.8. The van der Waals surface area contributed by atoms with E-state index < -0.39 is 28.6 Å². The Morgan fingerprint density at radius 3 is 2.24 bits per heavy atom. The van der Waals surface area contributed by atoms with Crippen LogP contribution in [0.5, 0.6) is 0 Å². The molecular weight excluding hydrogens is 539 g/mol. The molecule has 10 nitrogen and oxygen atoms in total. The molecular formula is C28H30F3N7O3. The normalized spacial score (nSPS) is 15.9. The van der Waals surface area contributed by atoms with Crippen molar-refractivity contribution in [2.24, 2.45) is 0 Å². The highest BCUT2D eigenvalue weighted by molar-refractivity contribution is 5.94. The van der Waals surface area contributed by atoms with Gasteiger partial charge < -0.3 is 14.2 Å². The predicted octanol–water partition coefficient (Wildman–Crippen LogP) is 4.78. The highest BCUT2D eigenvalue weighted by atomic mass is 19.4. The molecule has 4 aromatic rings. The van der Waals surface area contributed by atoms with Crippen molar-refractivity contribution in [1.82, 2.24) is 34.6 Å². The van der Waals surface area contributed by atoms with Gasteiger partial charge in [0.2, 0.25) is 5.89 Å². The summed E-state index contributed by atoms with van der Waals surface area (Å²) in [4.78, 5) is 34.5. The van der Waals surface area contributed by atoms with Gasteiger partial charge in [-0.1, -0.05) is 32.9 Å². The van der Waals surface area contributed by atoms with Crippen molar-refractivity contribution in [2.75, 3.05) is 19.6 Å². The molecule has 4 heterocycles. The van der Waals surface area contributed by atoms with Crippen LogP contribution in [0.4, 0.5) is 13.2 Å². The molecule has 216 valence electrons. The Balaban J connectivity index is 1.46. The highest BCUT2D eigenvalue weighted by Crippen LogP contribution is 2.33. The minimum atomic E-state index is -4.44. The van der Waals surface area contributed by atoms with Crippen LogP contribution in [0.1, 0.15) is 72.8 Å². The van der Waals surface area contributed by atoms with Gasteiger partial charge >= 0.3 is 18.0 Å². The molecule has 41 heavy (non-hydrogen) atoms. The lowest BCUT2D eigenvalue weighted by molar-refractivity contribution is -0.137. The zero-order valence-corrected chi connectivity index (χ0v) is 23.6. The first-order valence-corrected chi connectivity index (χ1v) is 13.0. The van der Waals surface area contributed by atoms with Gasteiger partial charge in [-0.3, -0.25) is 9.59 Å². The number of carbonyl (C=O) groups excluding carboxylic acids is 2. The number of hydrogen-bond acceptors (Lipinski definition) is 7. The molecule has 0 N–H and O–H groups in total. The molecule has 0 saturated carbocycles. The number of aromatic nitrogens is 5. The van der Waals surface area contributed by atoms with E-state index >= 15 is 0 Å². The summed E-state index contributed by atoms with van der Waals surface area (Å²) in [5, 5.41) is 12.1. The van der Waals surface area contributed by atoms with Crippen molar-refractivity contribution in [2.45, 2.75) is 58.7 Å². The van der Waals surface area contributed by atoms with Crippen LogP contribution in [0, 0.1) is 6.92 Å². The van der Waals surface area contributed by atoms with E-state index in [4.69, 9.17) is 4.42 Å². The van der Waals surface area contributed by atoms with Crippen molar-refractivity contribution in [3.8, 4) is 11.3 Å². The van der Waals surface area contributed by atoms with Crippen LogP contribution >= 0.6 is 0 Å². The van der Waals surface area contributed by atoms with E-state index in [1.165, 1.54) is 22.8 Å². The minimum absolute atomic E-state index is 0.0944. The van der Waals surface area contributed by atoms with Gasteiger partial charge in [-0.2, -0.15) is 18.3 Å². The van der Waals surface area contributed by atoms with Crippen molar-refractivity contribution in [1.29, 1.82) is 0 Å². The van der Waals surface area contributed by atoms with Gasteiger partial charge in [-0.25, -0.2) is 9.50 Å². The zero-order chi connectivity index (χ0) is 29.9. The van der Waals surface area contributed by atoms with Gasteiger partial charge in [0, 0.05) is 37.7 Å². The number of hydrogen-bond donors (Lipinski definition) is 0. The van der Waals surface area contributed by atoms with Gasteiger partial charge in [0.25, 0.3) is 5.91 Å². The van der Waals surface area contributed by atoms with Gasteiger partial charge in [0.1, 0.15) is 5.69 Å². The lowest BCUT2D eigenvalue weighted by Gasteiger charge is -2.46. The second kappa shape index (κ2) is 9.67. The number of carbonyl (C=O) groups is 2. The maximum atomic E-state index is 13.8. The second-order valence-electron chi connectivity index (χ2n) is 11.8. The SMILES string of the molecule is Cc1nnc(C(=O)N2CCN(C(=O)c3cn4nc(-c5ccc(C(F)(F)F)cc5)cc(C(C)(C)C)c4n3)C(C)(C)C2)o1. The zero-order valence-electron chi connectivity index (χ0n) is 23.6. The third kappa shape index (κ3) is 5.40. The molecule has 0 atom stereocenters. The Bertz CT molecular complexity index is 1630. The van der Waals surface area contributed by atoms with Gasteiger partial charge in [-0.05, 0) is 37.5 Å². The summed E-state index contributed by atoms with van der Waals surface area (Å²) >= 11 is 0. The monoisotopic (exact) mass is 569 g/mol. The molecule has 1 saturated heterocycles. The lowest BCUT2D eigenvalue weighted by Crippen LogP contribution is -2.62. The van der Waals surface area contributed by atoms with Crippen LogP contribution in [0.15, 0.2) is 40.9 Å². The third-order valence-electron chi connectivity index (χ3n) is 7.10. The first-order valence-electron chi connectivity index (χ1n) is 13.0. The molecule has 3 aromatic heterocycles. The average molecular weight is 570 g/mol. The maximum Gasteiger partial charge on any atom is 0.416 e. The topological polar surface area (TPSA) is 110 Å². The fourth-order valence-corrected chi connectivity index (χ4v) is 4.96. The molecule has 1 fully saturated rings. The number of aryl methyl sites for hydroxylation is 1. The third-order valence-corrected chi connectivity index (χ3v) is 7.10.